The van der Waals surface area contributed by atoms with Crippen LogP contribution in [0.1, 0.15) is 36.9 Å². The van der Waals surface area contributed by atoms with Gasteiger partial charge in [0.05, 0.1) is 0 Å². The van der Waals surface area contributed by atoms with Crippen LogP contribution in [0.2, 0.25) is 0 Å². The lowest BCUT2D eigenvalue weighted by Crippen LogP contribution is -2.20. The average molecular weight is 268 g/mol. The lowest BCUT2D eigenvalue weighted by Gasteiger charge is -2.19. The highest BCUT2D eigenvalue weighted by Gasteiger charge is 2.17. The van der Waals surface area contributed by atoms with E-state index in [1.807, 2.05) is 0 Å². The van der Waals surface area contributed by atoms with Crippen LogP contribution in [0, 0.1) is 0 Å². The largest absolute Gasteiger partial charge is 0.372 e. The quantitative estimate of drug-likeness (QED) is 0.863. The molecule has 0 bridgehead atoms. The molecule has 1 aliphatic heterocycles. The van der Waals surface area contributed by atoms with Gasteiger partial charge in [-0.15, -0.1) is 0 Å². The molecule has 1 aromatic carbocycles. The van der Waals surface area contributed by atoms with Gasteiger partial charge in [-0.1, -0.05) is 0 Å². The minimum Gasteiger partial charge on any atom is -0.372 e. The van der Waals surface area contributed by atoms with Gasteiger partial charge in [0.1, 0.15) is 0 Å². The van der Waals surface area contributed by atoms with E-state index in [-0.39, 0.29) is 5.43 Å². The van der Waals surface area contributed by atoms with Crippen molar-refractivity contribution >= 4 is 16.6 Å². The van der Waals surface area contributed by atoms with E-state index in [2.05, 4.69) is 28.1 Å². The number of benzene rings is 1. The van der Waals surface area contributed by atoms with Crippen LogP contribution in [-0.2, 0) is 12.8 Å². The average Bonchev–Trinajstić information content (AvgIpc) is 3.02. The Labute approximate surface area is 118 Å². The first-order valence-electron chi connectivity index (χ1n) is 7.76. The van der Waals surface area contributed by atoms with Gasteiger partial charge < -0.3 is 9.88 Å². The van der Waals surface area contributed by atoms with E-state index < -0.39 is 0 Å². The number of hydrogen-bond acceptors (Lipinski definition) is 2. The maximum Gasteiger partial charge on any atom is 0.192 e. The van der Waals surface area contributed by atoms with Gasteiger partial charge in [-0.05, 0) is 56.7 Å². The first-order valence-corrected chi connectivity index (χ1v) is 7.76. The lowest BCUT2D eigenvalue weighted by molar-refractivity contribution is 0.667. The molecule has 1 aromatic heterocycles. The number of pyridine rings is 1. The molecule has 1 aliphatic carbocycles. The zero-order valence-electron chi connectivity index (χ0n) is 11.7. The predicted molar refractivity (Wildman–Crippen MR) is 82.7 cm³/mol. The molecule has 0 unspecified atom stereocenters. The molecular weight excluding hydrogens is 248 g/mol. The highest BCUT2D eigenvalue weighted by molar-refractivity contribution is 5.83. The molecule has 0 radical (unpaired) electrons. The number of anilines is 1. The van der Waals surface area contributed by atoms with Crippen LogP contribution in [0.3, 0.4) is 0 Å². The molecule has 2 aliphatic rings. The summed E-state index contributed by atoms with van der Waals surface area (Å²) in [6.45, 7) is 2.24. The summed E-state index contributed by atoms with van der Waals surface area (Å²) in [6.07, 6.45) is 6.83. The number of H-pyrrole nitrogens is 1. The fourth-order valence-electron chi connectivity index (χ4n) is 3.62. The van der Waals surface area contributed by atoms with Gasteiger partial charge in [0, 0.05) is 40.9 Å². The Morgan fingerprint density at radius 3 is 2.65 bits per heavy atom. The fraction of sp³-hybridized carbons (Fsp3) is 0.471. The molecule has 3 heteroatoms. The van der Waals surface area contributed by atoms with Crippen LogP contribution in [0.5, 0.6) is 0 Å². The molecule has 1 saturated heterocycles. The van der Waals surface area contributed by atoms with E-state index >= 15 is 0 Å². The molecule has 4 rings (SSSR count). The number of nitrogens with one attached hydrogen (secondary N) is 1. The smallest absolute Gasteiger partial charge is 0.192 e. The summed E-state index contributed by atoms with van der Waals surface area (Å²) in [5.41, 5.74) is 4.66. The Hall–Kier alpha value is -1.77. The van der Waals surface area contributed by atoms with E-state index in [0.29, 0.717) is 0 Å². The van der Waals surface area contributed by atoms with Crippen LogP contribution in [0.25, 0.3) is 10.9 Å². The van der Waals surface area contributed by atoms with Crippen LogP contribution in [-0.4, -0.2) is 18.1 Å². The van der Waals surface area contributed by atoms with Gasteiger partial charge in [0.2, 0.25) is 0 Å². The Bertz CT molecular complexity index is 711. The molecule has 0 spiro atoms. The summed E-state index contributed by atoms with van der Waals surface area (Å²) in [7, 11) is 0. The zero-order valence-corrected chi connectivity index (χ0v) is 11.7. The standard InChI is InChI=1S/C17H20N2O/c20-17-13-5-1-2-6-15(13)18-16-8-7-12(11-14(16)17)19-9-3-4-10-19/h7-8,11H,1-6,9-10H2,(H,18,20). The van der Waals surface area contributed by atoms with Gasteiger partial charge in [0.25, 0.3) is 0 Å². The number of aryl methyl sites for hydroxylation is 1. The number of rotatable bonds is 1. The summed E-state index contributed by atoms with van der Waals surface area (Å²) < 4.78 is 0. The van der Waals surface area contributed by atoms with E-state index in [4.69, 9.17) is 0 Å². The van der Waals surface area contributed by atoms with Crippen molar-refractivity contribution in [2.24, 2.45) is 0 Å². The number of aromatic nitrogens is 1. The SMILES string of the molecule is O=c1c2c([nH]c3ccc(N4CCCC4)cc13)CCCC2. The molecule has 0 atom stereocenters. The minimum absolute atomic E-state index is 0.259. The third kappa shape index (κ3) is 1.84. The third-order valence-electron chi connectivity index (χ3n) is 4.75. The van der Waals surface area contributed by atoms with E-state index in [1.165, 1.54) is 30.6 Å². The highest BCUT2D eigenvalue weighted by Crippen LogP contribution is 2.25. The van der Waals surface area contributed by atoms with Crippen molar-refractivity contribution in [3.63, 3.8) is 0 Å². The Morgan fingerprint density at radius 2 is 1.80 bits per heavy atom. The second-order valence-electron chi connectivity index (χ2n) is 6.04. The van der Waals surface area contributed by atoms with Crippen molar-refractivity contribution in [2.75, 3.05) is 18.0 Å². The zero-order chi connectivity index (χ0) is 13.5. The molecule has 1 N–H and O–H groups in total. The molecule has 0 saturated carbocycles. The first-order chi connectivity index (χ1) is 9.83. The van der Waals surface area contributed by atoms with E-state index in [9.17, 15) is 4.79 Å². The molecular formula is C17H20N2O. The van der Waals surface area contributed by atoms with E-state index in [1.54, 1.807) is 0 Å². The second kappa shape index (κ2) is 4.65. The van der Waals surface area contributed by atoms with Crippen molar-refractivity contribution < 1.29 is 0 Å². The van der Waals surface area contributed by atoms with Crippen molar-refractivity contribution in [3.8, 4) is 0 Å². The Balaban J connectivity index is 1.89. The van der Waals surface area contributed by atoms with Crippen LogP contribution < -0.4 is 10.3 Å². The van der Waals surface area contributed by atoms with Crippen molar-refractivity contribution in [1.82, 2.24) is 4.98 Å². The molecule has 2 heterocycles. The molecule has 3 nitrogen and oxygen atoms in total. The summed E-state index contributed by atoms with van der Waals surface area (Å²) in [5.74, 6) is 0. The summed E-state index contributed by atoms with van der Waals surface area (Å²) in [5, 5.41) is 0.870. The molecule has 1 fully saturated rings. The van der Waals surface area contributed by atoms with Gasteiger partial charge in [-0.3, -0.25) is 4.79 Å². The van der Waals surface area contributed by atoms with Gasteiger partial charge >= 0.3 is 0 Å². The number of fused-ring (bicyclic) bond motifs is 2. The summed E-state index contributed by atoms with van der Waals surface area (Å²) in [6, 6.07) is 6.33. The van der Waals surface area contributed by atoms with Crippen molar-refractivity contribution in [3.05, 3.63) is 39.7 Å². The highest BCUT2D eigenvalue weighted by atomic mass is 16.1. The second-order valence-corrected chi connectivity index (χ2v) is 6.04. The molecule has 20 heavy (non-hydrogen) atoms. The first kappa shape index (κ1) is 12.0. The number of nitrogens with zero attached hydrogens (tertiary/aromatic N) is 1. The van der Waals surface area contributed by atoms with E-state index in [0.717, 1.165) is 48.8 Å². The van der Waals surface area contributed by atoms with Crippen molar-refractivity contribution in [2.45, 2.75) is 38.5 Å². The summed E-state index contributed by atoms with van der Waals surface area (Å²) in [4.78, 5) is 18.6. The monoisotopic (exact) mass is 268 g/mol. The summed E-state index contributed by atoms with van der Waals surface area (Å²) >= 11 is 0. The Kier molecular flexibility index (Phi) is 2.79. The normalized spacial score (nSPS) is 18.5. The lowest BCUT2D eigenvalue weighted by atomic mass is 9.94. The number of hydrogen-bond donors (Lipinski definition) is 1. The predicted octanol–water partition coefficient (Wildman–Crippen LogP) is 3.01. The fourth-order valence-corrected chi connectivity index (χ4v) is 3.62. The minimum atomic E-state index is 0.259. The topological polar surface area (TPSA) is 36.1 Å². The Morgan fingerprint density at radius 1 is 1.00 bits per heavy atom. The van der Waals surface area contributed by atoms with Gasteiger partial charge in [-0.2, -0.15) is 0 Å². The van der Waals surface area contributed by atoms with Crippen LogP contribution in [0.4, 0.5) is 5.69 Å². The maximum atomic E-state index is 12.7. The molecule has 0 amide bonds. The van der Waals surface area contributed by atoms with Gasteiger partial charge in [0.15, 0.2) is 5.43 Å². The molecule has 2 aromatic rings. The molecule has 104 valence electrons. The number of aromatic amines is 1. The van der Waals surface area contributed by atoms with Crippen LogP contribution in [0.15, 0.2) is 23.0 Å². The van der Waals surface area contributed by atoms with Crippen molar-refractivity contribution in [1.29, 1.82) is 0 Å². The third-order valence-corrected chi connectivity index (χ3v) is 4.75. The van der Waals surface area contributed by atoms with Gasteiger partial charge in [-0.25, -0.2) is 0 Å². The maximum absolute atomic E-state index is 12.7. The van der Waals surface area contributed by atoms with Crippen LogP contribution >= 0.6 is 0 Å².